The van der Waals surface area contributed by atoms with Crippen molar-refractivity contribution in [2.45, 2.75) is 52.6 Å². The molecule has 0 saturated carbocycles. The number of pyridine rings is 1. The molecule has 0 fully saturated rings. The van der Waals surface area contributed by atoms with Gasteiger partial charge in [0.25, 0.3) is 5.91 Å². The van der Waals surface area contributed by atoms with Crippen LogP contribution in [0.4, 0.5) is 5.69 Å². The second-order valence-electron chi connectivity index (χ2n) is 7.75. The number of aryl methyl sites for hydroxylation is 1. The number of carbonyl (C=O) groups excluding carboxylic acids is 2. The average Bonchev–Trinajstić information content (AvgIpc) is 3.07. The van der Waals surface area contributed by atoms with Crippen LogP contribution in [0.2, 0.25) is 0 Å². The lowest BCUT2D eigenvalue weighted by molar-refractivity contribution is -0.116. The summed E-state index contributed by atoms with van der Waals surface area (Å²) in [6.45, 7) is 6.30. The predicted octanol–water partition coefficient (Wildman–Crippen LogP) is 4.36. The van der Waals surface area contributed by atoms with Crippen LogP contribution in [0.25, 0.3) is 5.65 Å². The molecule has 2 amide bonds. The zero-order valence-electron chi connectivity index (χ0n) is 18.4. The Kier molecular flexibility index (Phi) is 7.65. The predicted molar refractivity (Wildman–Crippen MR) is 122 cm³/mol. The van der Waals surface area contributed by atoms with Crippen molar-refractivity contribution in [1.29, 1.82) is 0 Å². The second kappa shape index (κ2) is 10.6. The first-order valence-corrected chi connectivity index (χ1v) is 10.7. The molecule has 2 heterocycles. The molecule has 0 saturated heterocycles. The smallest absolute Gasteiger partial charge is 0.270 e. The number of ether oxygens (including phenoxy) is 1. The normalized spacial score (nSPS) is 11.0. The molecule has 1 aromatic carbocycles. The van der Waals surface area contributed by atoms with E-state index in [0.717, 1.165) is 24.9 Å². The van der Waals surface area contributed by atoms with E-state index in [1.807, 2.05) is 69.4 Å². The fraction of sp³-hybridized carbons (Fsp3) is 0.375. The van der Waals surface area contributed by atoms with E-state index in [0.29, 0.717) is 35.8 Å². The molecule has 3 aromatic rings. The van der Waals surface area contributed by atoms with Crippen molar-refractivity contribution < 1.29 is 14.3 Å². The van der Waals surface area contributed by atoms with Gasteiger partial charge >= 0.3 is 0 Å². The van der Waals surface area contributed by atoms with E-state index < -0.39 is 0 Å². The van der Waals surface area contributed by atoms with Crippen LogP contribution in [0, 0.1) is 6.92 Å². The number of anilines is 1. The first kappa shape index (κ1) is 22.3. The fourth-order valence-electron chi connectivity index (χ4n) is 3.40. The summed E-state index contributed by atoms with van der Waals surface area (Å²) in [5.74, 6) is 0.511. The lowest BCUT2D eigenvalue weighted by atomic mass is 10.1. The quantitative estimate of drug-likeness (QED) is 0.476. The molecule has 7 nitrogen and oxygen atoms in total. The molecule has 0 aliphatic heterocycles. The topological polar surface area (TPSA) is 84.7 Å². The number of nitrogens with one attached hydrogen (secondary N) is 2. The van der Waals surface area contributed by atoms with Gasteiger partial charge in [0, 0.05) is 19.2 Å². The minimum Gasteiger partial charge on any atom is -0.489 e. The van der Waals surface area contributed by atoms with Crippen molar-refractivity contribution in [3.63, 3.8) is 0 Å². The molecule has 2 N–H and O–H groups in total. The molecule has 7 heteroatoms. The average molecular weight is 423 g/mol. The molecular formula is C24H30N4O3. The zero-order chi connectivity index (χ0) is 22.2. The van der Waals surface area contributed by atoms with Crippen LogP contribution in [-0.2, 0) is 4.79 Å². The van der Waals surface area contributed by atoms with E-state index in [9.17, 15) is 9.59 Å². The fourth-order valence-corrected chi connectivity index (χ4v) is 3.40. The number of hydrogen-bond donors (Lipinski definition) is 2. The summed E-state index contributed by atoms with van der Waals surface area (Å²) in [4.78, 5) is 29.2. The van der Waals surface area contributed by atoms with Crippen molar-refractivity contribution in [3.05, 3.63) is 60.0 Å². The van der Waals surface area contributed by atoms with Crippen LogP contribution in [0.3, 0.4) is 0 Å². The number of nitrogens with zero attached hydrogens (tertiary/aromatic N) is 2. The van der Waals surface area contributed by atoms with Gasteiger partial charge in [0.05, 0.1) is 17.5 Å². The monoisotopic (exact) mass is 422 g/mol. The van der Waals surface area contributed by atoms with Gasteiger partial charge in [0.2, 0.25) is 5.91 Å². The molecule has 0 atom stereocenters. The van der Waals surface area contributed by atoms with Crippen molar-refractivity contribution >= 4 is 23.1 Å². The number of amides is 2. The molecule has 0 unspecified atom stereocenters. The molecule has 0 radical (unpaired) electrons. The Morgan fingerprint density at radius 2 is 1.84 bits per heavy atom. The highest BCUT2D eigenvalue weighted by Crippen LogP contribution is 2.25. The number of imidazole rings is 1. The Morgan fingerprint density at radius 3 is 2.65 bits per heavy atom. The van der Waals surface area contributed by atoms with Gasteiger partial charge in [-0.25, -0.2) is 4.98 Å². The van der Waals surface area contributed by atoms with Crippen LogP contribution in [0.5, 0.6) is 5.75 Å². The number of benzene rings is 1. The highest BCUT2D eigenvalue weighted by molar-refractivity contribution is 5.94. The molecule has 0 bridgehead atoms. The Morgan fingerprint density at radius 1 is 1.06 bits per heavy atom. The third-order valence-corrected chi connectivity index (χ3v) is 4.81. The molecule has 164 valence electrons. The summed E-state index contributed by atoms with van der Waals surface area (Å²) < 4.78 is 7.53. The zero-order valence-corrected chi connectivity index (χ0v) is 18.4. The Hall–Kier alpha value is -3.35. The van der Waals surface area contributed by atoms with Crippen molar-refractivity contribution in [1.82, 2.24) is 14.7 Å². The van der Waals surface area contributed by atoms with Gasteiger partial charge in [-0.3, -0.25) is 14.0 Å². The van der Waals surface area contributed by atoms with E-state index >= 15 is 0 Å². The van der Waals surface area contributed by atoms with Crippen LogP contribution < -0.4 is 15.4 Å². The minimum absolute atomic E-state index is 0.0369. The van der Waals surface area contributed by atoms with Crippen LogP contribution in [0.1, 0.15) is 55.7 Å². The molecule has 2 aromatic heterocycles. The number of unbranched alkanes of at least 4 members (excludes halogenated alkanes) is 2. The largest absolute Gasteiger partial charge is 0.489 e. The molecule has 0 aliphatic carbocycles. The summed E-state index contributed by atoms with van der Waals surface area (Å²) >= 11 is 0. The summed E-state index contributed by atoms with van der Waals surface area (Å²) in [5, 5.41) is 5.88. The summed E-state index contributed by atoms with van der Waals surface area (Å²) in [7, 11) is 0. The Labute approximate surface area is 182 Å². The maximum absolute atomic E-state index is 12.5. The van der Waals surface area contributed by atoms with Gasteiger partial charge in [-0.15, -0.1) is 0 Å². The second-order valence-corrected chi connectivity index (χ2v) is 7.75. The van der Waals surface area contributed by atoms with Gasteiger partial charge in [0.1, 0.15) is 17.1 Å². The van der Waals surface area contributed by atoms with Gasteiger partial charge in [-0.2, -0.15) is 0 Å². The molecule has 31 heavy (non-hydrogen) atoms. The standard InChI is InChI=1S/C24H30N4O3/c1-17(2)31-20-12-7-6-11-19(20)27-22(29)14-5-4-9-15-25-24(30)23-18(3)26-21-13-8-10-16-28(21)23/h6-8,10-13,16-17H,4-5,9,14-15H2,1-3H3,(H,25,30)(H,27,29). The Bertz CT molecular complexity index is 1040. The number of carbonyl (C=O) groups is 2. The summed E-state index contributed by atoms with van der Waals surface area (Å²) in [5.41, 5.74) is 2.73. The van der Waals surface area contributed by atoms with Crippen molar-refractivity contribution in [2.24, 2.45) is 0 Å². The van der Waals surface area contributed by atoms with Gasteiger partial charge < -0.3 is 15.4 Å². The van der Waals surface area contributed by atoms with Crippen LogP contribution in [-0.4, -0.2) is 33.8 Å². The van der Waals surface area contributed by atoms with E-state index in [1.165, 1.54) is 0 Å². The Balaban J connectivity index is 1.38. The first-order valence-electron chi connectivity index (χ1n) is 10.7. The molecule has 3 rings (SSSR count). The summed E-state index contributed by atoms with van der Waals surface area (Å²) in [6.07, 6.45) is 4.72. The van der Waals surface area contributed by atoms with Gasteiger partial charge in [-0.05, 0) is 57.9 Å². The minimum atomic E-state index is -0.129. The summed E-state index contributed by atoms with van der Waals surface area (Å²) in [6, 6.07) is 13.1. The maximum Gasteiger partial charge on any atom is 0.270 e. The third kappa shape index (κ3) is 6.07. The molecular weight excluding hydrogens is 392 g/mol. The van der Waals surface area contributed by atoms with Crippen molar-refractivity contribution in [3.8, 4) is 5.75 Å². The lowest BCUT2D eigenvalue weighted by Gasteiger charge is -2.14. The van der Waals surface area contributed by atoms with E-state index in [-0.39, 0.29) is 17.9 Å². The van der Waals surface area contributed by atoms with Gasteiger partial charge in [0.15, 0.2) is 0 Å². The van der Waals surface area contributed by atoms with Gasteiger partial charge in [-0.1, -0.05) is 24.6 Å². The number of hydrogen-bond acceptors (Lipinski definition) is 4. The van der Waals surface area contributed by atoms with Crippen LogP contribution >= 0.6 is 0 Å². The van der Waals surface area contributed by atoms with Crippen LogP contribution in [0.15, 0.2) is 48.7 Å². The number of fused-ring (bicyclic) bond motifs is 1. The number of aromatic nitrogens is 2. The van der Waals surface area contributed by atoms with Crippen molar-refractivity contribution in [2.75, 3.05) is 11.9 Å². The van der Waals surface area contributed by atoms with E-state index in [2.05, 4.69) is 15.6 Å². The lowest BCUT2D eigenvalue weighted by Crippen LogP contribution is -2.26. The number of rotatable bonds is 10. The SMILES string of the molecule is Cc1nc2ccccn2c1C(=O)NCCCCCC(=O)Nc1ccccc1OC(C)C. The molecule has 0 aliphatic rings. The highest BCUT2D eigenvalue weighted by atomic mass is 16.5. The van der Waals surface area contributed by atoms with E-state index in [1.54, 1.807) is 4.40 Å². The van der Waals surface area contributed by atoms with E-state index in [4.69, 9.17) is 4.74 Å². The molecule has 0 spiro atoms. The highest BCUT2D eigenvalue weighted by Gasteiger charge is 2.15. The maximum atomic E-state index is 12.5. The number of para-hydroxylation sites is 2. The third-order valence-electron chi connectivity index (χ3n) is 4.81. The first-order chi connectivity index (χ1) is 15.0.